The van der Waals surface area contributed by atoms with Gasteiger partial charge in [-0.2, -0.15) is 5.10 Å². The number of morpholine rings is 1. The molecule has 5 nitrogen and oxygen atoms in total. The Morgan fingerprint density at radius 3 is 2.46 bits per heavy atom. The second kappa shape index (κ2) is 6.73. The zero-order valence-electron chi connectivity index (χ0n) is 14.2. The summed E-state index contributed by atoms with van der Waals surface area (Å²) in [6.45, 7) is 7.08. The Balaban J connectivity index is 1.91. The number of aromatic nitrogens is 2. The smallest absolute Gasteiger partial charge is 0.257 e. The minimum Gasteiger partial charge on any atom is -0.372 e. The summed E-state index contributed by atoms with van der Waals surface area (Å²) in [5.41, 5.74) is 2.18. The van der Waals surface area contributed by atoms with Crippen LogP contribution in [0.15, 0.2) is 30.5 Å². The number of carbonyl (C=O) groups excluding carboxylic acids is 1. The van der Waals surface area contributed by atoms with E-state index in [0.717, 1.165) is 11.4 Å². The lowest BCUT2D eigenvalue weighted by Gasteiger charge is -2.35. The van der Waals surface area contributed by atoms with Gasteiger partial charge in [0.05, 0.1) is 35.3 Å². The van der Waals surface area contributed by atoms with E-state index < -0.39 is 0 Å². The average Bonchev–Trinajstić information content (AvgIpc) is 2.97. The minimum atomic E-state index is -0.295. The predicted octanol–water partition coefficient (Wildman–Crippen LogP) is 2.82. The van der Waals surface area contributed by atoms with Crippen molar-refractivity contribution in [1.29, 1.82) is 0 Å². The van der Waals surface area contributed by atoms with E-state index in [-0.39, 0.29) is 23.9 Å². The maximum Gasteiger partial charge on any atom is 0.257 e. The standard InChI is InChI=1S/C18H22FN3O2/c1-4-17-16(18(23)21-10-12(2)24-13(3)11-21)9-20-22(17)15-7-5-14(19)6-8-15/h5-9,12-13H,4,10-11H2,1-3H3. The van der Waals surface area contributed by atoms with Crippen LogP contribution < -0.4 is 0 Å². The van der Waals surface area contributed by atoms with Gasteiger partial charge in [0, 0.05) is 13.1 Å². The highest BCUT2D eigenvalue weighted by molar-refractivity contribution is 5.95. The highest BCUT2D eigenvalue weighted by Crippen LogP contribution is 2.20. The number of amides is 1. The van der Waals surface area contributed by atoms with E-state index in [0.29, 0.717) is 25.1 Å². The molecule has 1 amide bonds. The molecule has 1 aromatic carbocycles. The first-order valence-corrected chi connectivity index (χ1v) is 8.27. The van der Waals surface area contributed by atoms with Gasteiger partial charge >= 0.3 is 0 Å². The van der Waals surface area contributed by atoms with Crippen LogP contribution in [0.5, 0.6) is 0 Å². The molecule has 24 heavy (non-hydrogen) atoms. The van der Waals surface area contributed by atoms with Gasteiger partial charge in [-0.15, -0.1) is 0 Å². The van der Waals surface area contributed by atoms with E-state index in [1.807, 2.05) is 25.7 Å². The van der Waals surface area contributed by atoms with Crippen LogP contribution in [-0.2, 0) is 11.2 Å². The van der Waals surface area contributed by atoms with Crippen LogP contribution in [0.25, 0.3) is 5.69 Å². The van der Waals surface area contributed by atoms with Crippen molar-refractivity contribution in [2.45, 2.75) is 39.4 Å². The van der Waals surface area contributed by atoms with E-state index in [2.05, 4.69) is 5.10 Å². The number of halogens is 1. The van der Waals surface area contributed by atoms with Gasteiger partial charge < -0.3 is 9.64 Å². The third-order valence-electron chi connectivity index (χ3n) is 4.21. The third-order valence-corrected chi connectivity index (χ3v) is 4.21. The maximum absolute atomic E-state index is 13.1. The van der Waals surface area contributed by atoms with Crippen molar-refractivity contribution in [1.82, 2.24) is 14.7 Å². The third kappa shape index (κ3) is 3.19. The van der Waals surface area contributed by atoms with E-state index in [1.165, 1.54) is 12.1 Å². The number of ether oxygens (including phenoxy) is 1. The molecule has 2 heterocycles. The molecule has 0 aliphatic carbocycles. The molecular weight excluding hydrogens is 309 g/mol. The molecule has 6 heteroatoms. The number of hydrogen-bond acceptors (Lipinski definition) is 3. The molecule has 3 rings (SSSR count). The molecule has 128 valence electrons. The fourth-order valence-corrected chi connectivity index (χ4v) is 3.21. The molecule has 0 N–H and O–H groups in total. The second-order valence-corrected chi connectivity index (χ2v) is 6.21. The van der Waals surface area contributed by atoms with Crippen LogP contribution >= 0.6 is 0 Å². The molecule has 1 saturated heterocycles. The average molecular weight is 331 g/mol. The Bertz CT molecular complexity index is 716. The lowest BCUT2D eigenvalue weighted by atomic mass is 10.1. The zero-order chi connectivity index (χ0) is 17.3. The Morgan fingerprint density at radius 1 is 1.25 bits per heavy atom. The first-order chi connectivity index (χ1) is 11.5. The van der Waals surface area contributed by atoms with Crippen molar-refractivity contribution >= 4 is 5.91 Å². The van der Waals surface area contributed by atoms with E-state index in [4.69, 9.17) is 4.74 Å². The monoisotopic (exact) mass is 331 g/mol. The van der Waals surface area contributed by atoms with Gasteiger partial charge in [0.25, 0.3) is 5.91 Å². The fourth-order valence-electron chi connectivity index (χ4n) is 3.21. The SMILES string of the molecule is CCc1c(C(=O)N2CC(C)OC(C)C2)cnn1-c1ccc(F)cc1. The van der Waals surface area contributed by atoms with Crippen molar-refractivity contribution in [3.8, 4) is 5.69 Å². The summed E-state index contributed by atoms with van der Waals surface area (Å²) in [7, 11) is 0. The molecule has 1 fully saturated rings. The van der Waals surface area contributed by atoms with E-state index in [1.54, 1.807) is 23.0 Å². The molecule has 2 atom stereocenters. The van der Waals surface area contributed by atoms with Crippen molar-refractivity contribution in [3.05, 3.63) is 47.5 Å². The highest BCUT2D eigenvalue weighted by atomic mass is 19.1. The first-order valence-electron chi connectivity index (χ1n) is 8.27. The maximum atomic E-state index is 13.1. The van der Waals surface area contributed by atoms with Gasteiger partial charge in [-0.1, -0.05) is 6.92 Å². The summed E-state index contributed by atoms with van der Waals surface area (Å²) in [5, 5.41) is 4.36. The molecule has 2 unspecified atom stereocenters. The van der Waals surface area contributed by atoms with Crippen molar-refractivity contribution in [3.63, 3.8) is 0 Å². The van der Waals surface area contributed by atoms with Crippen molar-refractivity contribution in [2.24, 2.45) is 0 Å². The van der Waals surface area contributed by atoms with Crippen LogP contribution in [0.2, 0.25) is 0 Å². The van der Waals surface area contributed by atoms with Crippen molar-refractivity contribution < 1.29 is 13.9 Å². The minimum absolute atomic E-state index is 0.0231. The molecule has 0 bridgehead atoms. The summed E-state index contributed by atoms with van der Waals surface area (Å²) in [6.07, 6.45) is 2.31. The van der Waals surface area contributed by atoms with Crippen LogP contribution in [0, 0.1) is 5.82 Å². The summed E-state index contributed by atoms with van der Waals surface area (Å²) < 4.78 is 20.5. The van der Waals surface area contributed by atoms with Gasteiger partial charge in [0.2, 0.25) is 0 Å². The van der Waals surface area contributed by atoms with Gasteiger partial charge in [-0.25, -0.2) is 9.07 Å². The topological polar surface area (TPSA) is 47.4 Å². The quantitative estimate of drug-likeness (QED) is 0.869. The van der Waals surface area contributed by atoms with E-state index in [9.17, 15) is 9.18 Å². The Kier molecular flexibility index (Phi) is 4.66. The number of benzene rings is 1. The van der Waals surface area contributed by atoms with Gasteiger partial charge in [0.1, 0.15) is 5.82 Å². The number of carbonyl (C=O) groups is 1. The summed E-state index contributed by atoms with van der Waals surface area (Å²) in [5.74, 6) is -0.321. The van der Waals surface area contributed by atoms with Crippen molar-refractivity contribution in [2.75, 3.05) is 13.1 Å². The zero-order valence-corrected chi connectivity index (χ0v) is 14.2. The number of rotatable bonds is 3. The number of nitrogens with zero attached hydrogens (tertiary/aromatic N) is 3. The van der Waals surface area contributed by atoms with Gasteiger partial charge in [-0.3, -0.25) is 4.79 Å². The molecule has 0 radical (unpaired) electrons. The fraction of sp³-hybridized carbons (Fsp3) is 0.444. The largest absolute Gasteiger partial charge is 0.372 e. The molecular formula is C18H22FN3O2. The molecule has 1 aliphatic heterocycles. The Labute approximate surface area is 141 Å². The van der Waals surface area contributed by atoms with E-state index >= 15 is 0 Å². The van der Waals surface area contributed by atoms with Crippen LogP contribution in [0.1, 0.15) is 36.8 Å². The molecule has 0 saturated carbocycles. The van der Waals surface area contributed by atoms with Crippen LogP contribution in [-0.4, -0.2) is 45.9 Å². The summed E-state index contributed by atoms with van der Waals surface area (Å²) in [6, 6.07) is 6.11. The highest BCUT2D eigenvalue weighted by Gasteiger charge is 2.29. The molecule has 2 aromatic rings. The lowest BCUT2D eigenvalue weighted by molar-refractivity contribution is -0.0586. The molecule has 1 aliphatic rings. The Morgan fingerprint density at radius 2 is 1.88 bits per heavy atom. The first kappa shape index (κ1) is 16.6. The molecule has 1 aromatic heterocycles. The van der Waals surface area contributed by atoms with Crippen LogP contribution in [0.4, 0.5) is 4.39 Å². The van der Waals surface area contributed by atoms with Crippen LogP contribution in [0.3, 0.4) is 0 Å². The lowest BCUT2D eigenvalue weighted by Crippen LogP contribution is -2.48. The van der Waals surface area contributed by atoms with Gasteiger partial charge in [0.15, 0.2) is 0 Å². The normalized spacial score (nSPS) is 21.1. The summed E-state index contributed by atoms with van der Waals surface area (Å²) in [4.78, 5) is 14.7. The predicted molar refractivity (Wildman–Crippen MR) is 88.8 cm³/mol. The number of hydrogen-bond donors (Lipinski definition) is 0. The second-order valence-electron chi connectivity index (χ2n) is 6.21. The van der Waals surface area contributed by atoms with Gasteiger partial charge in [-0.05, 0) is 44.5 Å². The Hall–Kier alpha value is -2.21. The molecule has 0 spiro atoms. The summed E-state index contributed by atoms with van der Waals surface area (Å²) >= 11 is 0.